The van der Waals surface area contributed by atoms with E-state index in [1.165, 1.54) is 44.5 Å². The molecule has 5 aromatic carbocycles. The van der Waals surface area contributed by atoms with Crippen LogP contribution in [0.1, 0.15) is 22.3 Å². The first kappa shape index (κ1) is 19.3. The molecule has 0 amide bonds. The van der Waals surface area contributed by atoms with Crippen molar-refractivity contribution in [3.8, 4) is 22.3 Å². The molecule has 1 heteroatoms. The molecule has 0 atom stereocenters. The summed E-state index contributed by atoms with van der Waals surface area (Å²) in [5.41, 5.74) is 10.1. The average molecular weight is 473 g/mol. The van der Waals surface area contributed by atoms with Crippen molar-refractivity contribution in [2.75, 3.05) is 0 Å². The molecule has 0 aliphatic heterocycles. The Kier molecular flexibility index (Phi) is 4.59. The summed E-state index contributed by atoms with van der Waals surface area (Å²) >= 11 is 3.67. The Bertz CT molecular complexity index is 1380. The molecule has 1 aliphatic rings. The van der Waals surface area contributed by atoms with Crippen LogP contribution in [0, 0.1) is 0 Å². The zero-order valence-electron chi connectivity index (χ0n) is 17.5. The molecular weight excluding hydrogens is 452 g/mol. The predicted octanol–water partition coefficient (Wildman–Crippen LogP) is 8.48. The highest BCUT2D eigenvalue weighted by Crippen LogP contribution is 2.58. The molecule has 0 nitrogen and oxygen atoms in total. The molecule has 152 valence electrons. The Balaban J connectivity index is 1.78. The smallest absolute Gasteiger partial charge is 0.0622 e. The molecule has 6 rings (SSSR count). The van der Waals surface area contributed by atoms with E-state index < -0.39 is 0 Å². The summed E-state index contributed by atoms with van der Waals surface area (Å²) in [4.78, 5) is 0. The Labute approximate surface area is 197 Å². The van der Waals surface area contributed by atoms with E-state index in [4.69, 9.17) is 0 Å². The highest BCUT2D eigenvalue weighted by Gasteiger charge is 2.46. The number of fused-ring (bicyclic) bond motifs is 3. The largest absolute Gasteiger partial charge is 0.0713 e. The minimum atomic E-state index is -0.351. The van der Waals surface area contributed by atoms with Gasteiger partial charge in [-0.3, -0.25) is 0 Å². The van der Waals surface area contributed by atoms with E-state index in [0.717, 1.165) is 4.47 Å². The molecule has 0 aromatic heterocycles. The van der Waals surface area contributed by atoms with Gasteiger partial charge in [0, 0.05) is 4.47 Å². The van der Waals surface area contributed by atoms with Crippen molar-refractivity contribution in [1.82, 2.24) is 0 Å². The minimum Gasteiger partial charge on any atom is -0.0622 e. The summed E-state index contributed by atoms with van der Waals surface area (Å²) in [5.74, 6) is 0. The SMILES string of the molecule is Brc1cccc(-c2cccc3c2-c2ccccc2C3(c2ccccc2)c2ccccc2)c1. The quantitative estimate of drug-likeness (QED) is 0.242. The summed E-state index contributed by atoms with van der Waals surface area (Å²) in [5, 5.41) is 0. The van der Waals surface area contributed by atoms with Crippen molar-refractivity contribution in [1.29, 1.82) is 0 Å². The minimum absolute atomic E-state index is 0.351. The first-order valence-corrected chi connectivity index (χ1v) is 11.7. The van der Waals surface area contributed by atoms with Crippen LogP contribution in [0.2, 0.25) is 0 Å². The third-order valence-corrected chi connectivity index (χ3v) is 7.11. The van der Waals surface area contributed by atoms with Crippen LogP contribution < -0.4 is 0 Å². The van der Waals surface area contributed by atoms with Crippen LogP contribution in [0.4, 0.5) is 0 Å². The lowest BCUT2D eigenvalue weighted by atomic mass is 9.67. The summed E-state index contributed by atoms with van der Waals surface area (Å²) < 4.78 is 1.09. The third kappa shape index (κ3) is 2.75. The summed E-state index contributed by atoms with van der Waals surface area (Å²) in [6.07, 6.45) is 0. The van der Waals surface area contributed by atoms with Crippen molar-refractivity contribution in [2.24, 2.45) is 0 Å². The fraction of sp³-hybridized carbons (Fsp3) is 0.0323. The van der Waals surface area contributed by atoms with Gasteiger partial charge in [-0.05, 0) is 56.6 Å². The zero-order chi connectivity index (χ0) is 21.5. The standard InChI is InChI=1S/C31H21Br/c32-25-16-9-11-22(21-25)26-18-10-20-29-30(26)27-17-7-8-19-28(27)31(29,23-12-3-1-4-13-23)24-14-5-2-6-15-24/h1-21H. The Morgan fingerprint density at radius 1 is 0.469 bits per heavy atom. The van der Waals surface area contributed by atoms with E-state index in [-0.39, 0.29) is 5.41 Å². The molecule has 0 fully saturated rings. The number of halogens is 1. The maximum atomic E-state index is 3.67. The van der Waals surface area contributed by atoms with Crippen molar-refractivity contribution in [3.05, 3.63) is 154 Å². The van der Waals surface area contributed by atoms with Gasteiger partial charge in [-0.1, -0.05) is 131 Å². The molecule has 0 heterocycles. The molecule has 1 aliphatic carbocycles. The van der Waals surface area contributed by atoms with E-state index in [0.29, 0.717) is 0 Å². The lowest BCUT2D eigenvalue weighted by Gasteiger charge is -2.34. The fourth-order valence-corrected chi connectivity index (χ4v) is 5.79. The second-order valence-corrected chi connectivity index (χ2v) is 9.18. The molecule has 32 heavy (non-hydrogen) atoms. The molecule has 0 saturated carbocycles. The highest BCUT2D eigenvalue weighted by atomic mass is 79.9. The van der Waals surface area contributed by atoms with Crippen LogP contribution in [0.15, 0.2) is 132 Å². The molecule has 0 radical (unpaired) electrons. The van der Waals surface area contributed by atoms with E-state index >= 15 is 0 Å². The monoisotopic (exact) mass is 472 g/mol. The summed E-state index contributed by atoms with van der Waals surface area (Å²) in [6.45, 7) is 0. The van der Waals surface area contributed by atoms with Crippen molar-refractivity contribution < 1.29 is 0 Å². The zero-order valence-corrected chi connectivity index (χ0v) is 19.1. The van der Waals surface area contributed by atoms with E-state index in [2.05, 4.69) is 143 Å². The van der Waals surface area contributed by atoms with E-state index in [9.17, 15) is 0 Å². The van der Waals surface area contributed by atoms with Gasteiger partial charge in [0.05, 0.1) is 5.41 Å². The van der Waals surface area contributed by atoms with Crippen LogP contribution in [-0.2, 0) is 5.41 Å². The maximum absolute atomic E-state index is 3.67. The first-order chi connectivity index (χ1) is 15.8. The predicted molar refractivity (Wildman–Crippen MR) is 137 cm³/mol. The van der Waals surface area contributed by atoms with Crippen molar-refractivity contribution >= 4 is 15.9 Å². The van der Waals surface area contributed by atoms with Crippen LogP contribution in [0.3, 0.4) is 0 Å². The molecule has 0 bridgehead atoms. The van der Waals surface area contributed by atoms with Gasteiger partial charge >= 0.3 is 0 Å². The van der Waals surface area contributed by atoms with E-state index in [1.54, 1.807) is 0 Å². The molecule has 0 saturated heterocycles. The molecule has 0 spiro atoms. The van der Waals surface area contributed by atoms with Crippen LogP contribution in [0.5, 0.6) is 0 Å². The lowest BCUT2D eigenvalue weighted by molar-refractivity contribution is 0.768. The van der Waals surface area contributed by atoms with Gasteiger partial charge in [0.2, 0.25) is 0 Å². The molecule has 5 aromatic rings. The molecule has 0 unspecified atom stereocenters. The van der Waals surface area contributed by atoms with Crippen LogP contribution in [0.25, 0.3) is 22.3 Å². The summed E-state index contributed by atoms with van der Waals surface area (Å²) in [7, 11) is 0. The normalized spacial score (nSPS) is 13.4. The second kappa shape index (κ2) is 7.62. The van der Waals surface area contributed by atoms with Gasteiger partial charge in [0.25, 0.3) is 0 Å². The number of hydrogen-bond acceptors (Lipinski definition) is 0. The Hall–Kier alpha value is -3.42. The molecule has 0 N–H and O–H groups in total. The molecular formula is C31H21Br. The van der Waals surface area contributed by atoms with Gasteiger partial charge in [-0.25, -0.2) is 0 Å². The second-order valence-electron chi connectivity index (χ2n) is 8.27. The van der Waals surface area contributed by atoms with Crippen LogP contribution in [-0.4, -0.2) is 0 Å². The Morgan fingerprint density at radius 2 is 1.03 bits per heavy atom. The number of hydrogen-bond donors (Lipinski definition) is 0. The highest BCUT2D eigenvalue weighted by molar-refractivity contribution is 9.10. The van der Waals surface area contributed by atoms with Gasteiger partial charge in [-0.15, -0.1) is 0 Å². The number of benzene rings is 5. The third-order valence-electron chi connectivity index (χ3n) is 6.62. The van der Waals surface area contributed by atoms with Gasteiger partial charge in [-0.2, -0.15) is 0 Å². The number of rotatable bonds is 3. The van der Waals surface area contributed by atoms with Crippen molar-refractivity contribution in [3.63, 3.8) is 0 Å². The average Bonchev–Trinajstić information content (AvgIpc) is 3.16. The first-order valence-electron chi connectivity index (χ1n) is 10.9. The van der Waals surface area contributed by atoms with Crippen LogP contribution >= 0.6 is 15.9 Å². The Morgan fingerprint density at radius 3 is 1.72 bits per heavy atom. The maximum Gasteiger partial charge on any atom is 0.0713 e. The fourth-order valence-electron chi connectivity index (χ4n) is 5.39. The summed E-state index contributed by atoms with van der Waals surface area (Å²) in [6, 6.07) is 46.2. The lowest BCUT2D eigenvalue weighted by Crippen LogP contribution is -2.28. The van der Waals surface area contributed by atoms with Crippen molar-refractivity contribution in [2.45, 2.75) is 5.41 Å². The van der Waals surface area contributed by atoms with Gasteiger partial charge in [0.1, 0.15) is 0 Å². The van der Waals surface area contributed by atoms with Gasteiger partial charge in [0.15, 0.2) is 0 Å². The van der Waals surface area contributed by atoms with E-state index in [1.807, 2.05) is 0 Å². The topological polar surface area (TPSA) is 0 Å². The van der Waals surface area contributed by atoms with Gasteiger partial charge < -0.3 is 0 Å².